The van der Waals surface area contributed by atoms with E-state index in [9.17, 15) is 9.59 Å². The number of aromatic nitrogens is 3. The Morgan fingerprint density at radius 1 is 1.12 bits per heavy atom. The molecule has 8 heteroatoms. The topological polar surface area (TPSA) is 85.6 Å². The highest BCUT2D eigenvalue weighted by atomic mass is 32.2. The van der Waals surface area contributed by atoms with E-state index in [1.165, 1.54) is 18.7 Å². The van der Waals surface area contributed by atoms with E-state index >= 15 is 0 Å². The molecular formula is C24H22N4O3S. The first kappa shape index (κ1) is 21.6. The highest BCUT2D eigenvalue weighted by Gasteiger charge is 2.12. The fourth-order valence-corrected chi connectivity index (χ4v) is 3.96. The van der Waals surface area contributed by atoms with Gasteiger partial charge in [0.15, 0.2) is 5.78 Å². The van der Waals surface area contributed by atoms with Crippen LogP contribution in [0.3, 0.4) is 0 Å². The SMILES string of the molecule is CCOc1ccc(-c2cc3c(SCC(=O)Nc4cccc(C(C)=O)c4)nccn3n2)cc1. The highest BCUT2D eigenvalue weighted by Crippen LogP contribution is 2.27. The molecule has 1 amide bonds. The maximum Gasteiger partial charge on any atom is 0.234 e. The predicted octanol–water partition coefficient (Wildman–Crippen LogP) is 4.73. The van der Waals surface area contributed by atoms with E-state index in [0.717, 1.165) is 22.5 Å². The van der Waals surface area contributed by atoms with Crippen LogP contribution in [-0.4, -0.2) is 38.6 Å². The van der Waals surface area contributed by atoms with Gasteiger partial charge in [-0.1, -0.05) is 23.9 Å². The molecule has 0 unspecified atom stereocenters. The van der Waals surface area contributed by atoms with Gasteiger partial charge in [-0.15, -0.1) is 0 Å². The van der Waals surface area contributed by atoms with Crippen molar-refractivity contribution in [3.05, 3.63) is 72.6 Å². The molecule has 2 aromatic heterocycles. The van der Waals surface area contributed by atoms with Crippen LogP contribution >= 0.6 is 11.8 Å². The van der Waals surface area contributed by atoms with Crippen LogP contribution in [-0.2, 0) is 4.79 Å². The fraction of sp³-hybridized carbons (Fsp3) is 0.167. The van der Waals surface area contributed by atoms with Gasteiger partial charge in [-0.05, 0) is 56.3 Å². The summed E-state index contributed by atoms with van der Waals surface area (Å²) >= 11 is 1.33. The lowest BCUT2D eigenvalue weighted by atomic mass is 10.1. The van der Waals surface area contributed by atoms with Gasteiger partial charge in [0.1, 0.15) is 10.8 Å². The van der Waals surface area contributed by atoms with Gasteiger partial charge < -0.3 is 10.1 Å². The number of ketones is 1. The van der Waals surface area contributed by atoms with Gasteiger partial charge >= 0.3 is 0 Å². The third-order valence-electron chi connectivity index (χ3n) is 4.71. The van der Waals surface area contributed by atoms with Crippen molar-refractivity contribution in [1.29, 1.82) is 0 Å². The van der Waals surface area contributed by atoms with Crippen molar-refractivity contribution in [2.45, 2.75) is 18.9 Å². The van der Waals surface area contributed by atoms with E-state index in [1.54, 1.807) is 41.2 Å². The number of carbonyl (C=O) groups excluding carboxylic acids is 2. The summed E-state index contributed by atoms with van der Waals surface area (Å²) < 4.78 is 7.26. The molecule has 0 spiro atoms. The minimum atomic E-state index is -0.175. The molecular weight excluding hydrogens is 424 g/mol. The average Bonchev–Trinajstić information content (AvgIpc) is 3.23. The molecule has 32 heavy (non-hydrogen) atoms. The van der Waals surface area contributed by atoms with E-state index in [1.807, 2.05) is 37.3 Å². The molecule has 0 bridgehead atoms. The molecule has 0 aliphatic rings. The molecule has 0 aliphatic heterocycles. The average molecular weight is 447 g/mol. The Bertz CT molecular complexity index is 1270. The lowest BCUT2D eigenvalue weighted by molar-refractivity contribution is -0.113. The number of benzene rings is 2. The van der Waals surface area contributed by atoms with Crippen molar-refractivity contribution in [2.75, 3.05) is 17.7 Å². The minimum absolute atomic E-state index is 0.0459. The van der Waals surface area contributed by atoms with Gasteiger partial charge in [-0.3, -0.25) is 9.59 Å². The summed E-state index contributed by atoms with van der Waals surface area (Å²) in [6.07, 6.45) is 3.45. The first-order chi connectivity index (χ1) is 15.5. The van der Waals surface area contributed by atoms with Crippen molar-refractivity contribution in [3.63, 3.8) is 0 Å². The van der Waals surface area contributed by atoms with Crippen LogP contribution in [0.25, 0.3) is 16.8 Å². The number of nitrogens with one attached hydrogen (secondary N) is 1. The second kappa shape index (κ2) is 9.65. The molecule has 0 atom stereocenters. The van der Waals surface area contributed by atoms with E-state index < -0.39 is 0 Å². The number of rotatable bonds is 8. The Morgan fingerprint density at radius 3 is 2.69 bits per heavy atom. The van der Waals surface area contributed by atoms with Gasteiger partial charge in [0.05, 0.1) is 23.6 Å². The summed E-state index contributed by atoms with van der Waals surface area (Å²) in [5.41, 5.74) is 3.76. The Morgan fingerprint density at radius 2 is 1.94 bits per heavy atom. The van der Waals surface area contributed by atoms with E-state index in [-0.39, 0.29) is 17.4 Å². The maximum absolute atomic E-state index is 12.4. The van der Waals surface area contributed by atoms with Crippen molar-refractivity contribution >= 4 is 34.7 Å². The van der Waals surface area contributed by atoms with Gasteiger partial charge in [-0.2, -0.15) is 5.10 Å². The summed E-state index contributed by atoms with van der Waals surface area (Å²) in [7, 11) is 0. The van der Waals surface area contributed by atoms with Crippen LogP contribution < -0.4 is 10.1 Å². The number of hydrogen-bond acceptors (Lipinski definition) is 6. The van der Waals surface area contributed by atoms with Gasteiger partial charge in [-0.25, -0.2) is 9.50 Å². The Labute approximate surface area is 189 Å². The van der Waals surface area contributed by atoms with Crippen LogP contribution in [0.4, 0.5) is 5.69 Å². The number of hydrogen-bond donors (Lipinski definition) is 1. The summed E-state index contributed by atoms with van der Waals surface area (Å²) in [6.45, 7) is 4.07. The van der Waals surface area contributed by atoms with Crippen molar-refractivity contribution in [2.24, 2.45) is 0 Å². The minimum Gasteiger partial charge on any atom is -0.494 e. The summed E-state index contributed by atoms with van der Waals surface area (Å²) in [6, 6.07) is 16.6. The smallest absolute Gasteiger partial charge is 0.234 e. The predicted molar refractivity (Wildman–Crippen MR) is 125 cm³/mol. The third-order valence-corrected chi connectivity index (χ3v) is 5.70. The molecule has 4 aromatic rings. The van der Waals surface area contributed by atoms with E-state index in [2.05, 4.69) is 15.4 Å². The van der Waals surface area contributed by atoms with E-state index in [4.69, 9.17) is 4.74 Å². The van der Waals surface area contributed by atoms with Crippen LogP contribution in [0.15, 0.2) is 72.0 Å². The molecule has 0 saturated carbocycles. The van der Waals surface area contributed by atoms with Crippen LogP contribution in [0.5, 0.6) is 5.75 Å². The Hall–Kier alpha value is -3.65. The third kappa shape index (κ3) is 4.97. The maximum atomic E-state index is 12.4. The normalized spacial score (nSPS) is 10.8. The lowest BCUT2D eigenvalue weighted by Gasteiger charge is -2.06. The molecule has 4 rings (SSSR count). The number of ether oxygens (including phenoxy) is 1. The van der Waals surface area contributed by atoms with Gasteiger partial charge in [0.25, 0.3) is 0 Å². The van der Waals surface area contributed by atoms with Crippen LogP contribution in [0, 0.1) is 0 Å². The molecule has 0 aliphatic carbocycles. The summed E-state index contributed by atoms with van der Waals surface area (Å²) in [4.78, 5) is 28.4. The Balaban J connectivity index is 1.47. The van der Waals surface area contributed by atoms with Gasteiger partial charge in [0, 0.05) is 29.2 Å². The number of amides is 1. The van der Waals surface area contributed by atoms with Crippen LogP contribution in [0.1, 0.15) is 24.2 Å². The lowest BCUT2D eigenvalue weighted by Crippen LogP contribution is -2.14. The standard InChI is InChI=1S/C24H22N4O3S/c1-3-31-20-9-7-17(8-10-20)21-14-22-24(25-11-12-28(22)27-21)32-15-23(30)26-19-6-4-5-18(13-19)16(2)29/h4-14H,3,15H2,1-2H3,(H,26,30). The largest absolute Gasteiger partial charge is 0.494 e. The molecule has 0 saturated heterocycles. The first-order valence-corrected chi connectivity index (χ1v) is 11.1. The van der Waals surface area contributed by atoms with Crippen molar-refractivity contribution in [3.8, 4) is 17.0 Å². The quantitative estimate of drug-likeness (QED) is 0.311. The monoisotopic (exact) mass is 446 g/mol. The number of fused-ring (bicyclic) bond motifs is 1. The molecule has 1 N–H and O–H groups in total. The molecule has 2 aromatic carbocycles. The molecule has 7 nitrogen and oxygen atoms in total. The van der Waals surface area contributed by atoms with Crippen molar-refractivity contribution < 1.29 is 14.3 Å². The van der Waals surface area contributed by atoms with E-state index in [0.29, 0.717) is 22.9 Å². The zero-order valence-electron chi connectivity index (χ0n) is 17.7. The number of carbonyl (C=O) groups is 2. The Kier molecular flexibility index (Phi) is 6.51. The van der Waals surface area contributed by atoms with Crippen LogP contribution in [0.2, 0.25) is 0 Å². The number of nitrogens with zero attached hydrogens (tertiary/aromatic N) is 3. The second-order valence-corrected chi connectivity index (χ2v) is 7.99. The zero-order chi connectivity index (χ0) is 22.5. The molecule has 162 valence electrons. The first-order valence-electron chi connectivity index (χ1n) is 10.1. The molecule has 0 fully saturated rings. The highest BCUT2D eigenvalue weighted by molar-refractivity contribution is 8.00. The zero-order valence-corrected chi connectivity index (χ0v) is 18.6. The van der Waals surface area contributed by atoms with Crippen molar-refractivity contribution in [1.82, 2.24) is 14.6 Å². The molecule has 0 radical (unpaired) electrons. The fourth-order valence-electron chi connectivity index (χ4n) is 3.19. The molecule has 2 heterocycles. The number of Topliss-reactive ketones (excluding diaryl/α,β-unsaturated/α-hetero) is 1. The summed E-state index contributed by atoms with van der Waals surface area (Å²) in [5, 5.41) is 8.17. The number of anilines is 1. The second-order valence-electron chi connectivity index (χ2n) is 7.02. The summed E-state index contributed by atoms with van der Waals surface area (Å²) in [5.74, 6) is 0.777. The van der Waals surface area contributed by atoms with Gasteiger partial charge in [0.2, 0.25) is 5.91 Å². The number of thioether (sulfide) groups is 1.